The molecule has 51 heavy (non-hydrogen) atoms. The number of likely N-dealkylation sites (N-methyl/N-ethyl adjacent to an activating group) is 1. The van der Waals surface area contributed by atoms with Crippen molar-refractivity contribution in [1.29, 1.82) is 0 Å². The number of amides is 1. The molecule has 0 aromatic heterocycles. The number of halogens is 1. The van der Waals surface area contributed by atoms with Crippen molar-refractivity contribution in [1.82, 2.24) is 9.21 Å². The number of sulfonamides is 1. The van der Waals surface area contributed by atoms with Crippen LogP contribution in [0.5, 0.6) is 5.75 Å². The number of benzene rings is 3. The van der Waals surface area contributed by atoms with Crippen LogP contribution in [-0.2, 0) is 14.8 Å². The molecular weight excluding hydrogens is 674 g/mol. The average Bonchev–Trinajstić information content (AvgIpc) is 3.18. The van der Waals surface area contributed by atoms with Crippen molar-refractivity contribution in [3.05, 3.63) is 72.0 Å². The molecule has 274 valence electrons. The maximum Gasteiger partial charge on any atom is 0.410 e. The van der Waals surface area contributed by atoms with Crippen molar-refractivity contribution in [2.45, 2.75) is 82.3 Å². The molecule has 0 bridgehead atoms. The van der Waals surface area contributed by atoms with E-state index in [0.717, 1.165) is 56.7 Å². The van der Waals surface area contributed by atoms with Crippen molar-refractivity contribution in [2.24, 2.45) is 11.8 Å². The van der Waals surface area contributed by atoms with Crippen molar-refractivity contribution in [3.8, 4) is 16.9 Å². The Morgan fingerprint density at radius 1 is 0.941 bits per heavy atom. The van der Waals surface area contributed by atoms with E-state index in [-0.39, 0.29) is 35.5 Å². The Bertz CT molecular complexity index is 1860. The van der Waals surface area contributed by atoms with Crippen LogP contribution in [0.25, 0.3) is 11.1 Å². The molecule has 2 atom stereocenters. The molecule has 12 heteroatoms. The highest BCUT2D eigenvalue weighted by molar-refractivity contribution is 7.89. The van der Waals surface area contributed by atoms with E-state index in [1.165, 1.54) is 16.4 Å². The number of carboxylic acids is 1. The molecule has 1 aliphatic carbocycles. The second-order valence-electron chi connectivity index (χ2n) is 15.0. The molecule has 1 amide bonds. The van der Waals surface area contributed by atoms with Crippen molar-refractivity contribution >= 4 is 33.5 Å². The topological polar surface area (TPSA) is 117 Å². The molecule has 1 saturated heterocycles. The average molecular weight is 722 g/mol. The van der Waals surface area contributed by atoms with Crippen molar-refractivity contribution in [2.75, 3.05) is 38.2 Å². The van der Waals surface area contributed by atoms with Crippen LogP contribution in [0.15, 0.2) is 65.6 Å². The van der Waals surface area contributed by atoms with Gasteiger partial charge in [-0.1, -0.05) is 43.5 Å². The first kappa shape index (κ1) is 36.6. The number of likely N-dealkylation sites (tertiary alicyclic amines) is 1. The van der Waals surface area contributed by atoms with Crippen LogP contribution in [0.3, 0.4) is 0 Å². The Balaban J connectivity index is 1.45. The fraction of sp³-hybridized carbons (Fsp3) is 0.487. The normalized spacial score (nSPS) is 21.4. The van der Waals surface area contributed by atoms with Gasteiger partial charge in [0.25, 0.3) is 0 Å². The van der Waals surface area contributed by atoms with Gasteiger partial charge in [0.2, 0.25) is 10.0 Å². The monoisotopic (exact) mass is 721 g/mol. The number of hydrogen-bond donors (Lipinski definition) is 1. The molecule has 2 heterocycles. The molecule has 2 fully saturated rings. The lowest BCUT2D eigenvalue weighted by Crippen LogP contribution is -2.46. The van der Waals surface area contributed by atoms with Gasteiger partial charge in [0, 0.05) is 56.0 Å². The number of ether oxygens (including phenoxy) is 2. The molecule has 3 aliphatic rings. The molecule has 3 aromatic rings. The number of piperidine rings is 1. The van der Waals surface area contributed by atoms with Crippen molar-refractivity contribution in [3.63, 3.8) is 0 Å². The minimum absolute atomic E-state index is 0.0449. The molecule has 3 aromatic carbocycles. The van der Waals surface area contributed by atoms with E-state index in [1.54, 1.807) is 24.1 Å². The van der Waals surface area contributed by atoms with Crippen LogP contribution in [-0.4, -0.2) is 79.7 Å². The minimum Gasteiger partial charge on any atom is -0.493 e. The summed E-state index contributed by atoms with van der Waals surface area (Å²) in [6.07, 6.45) is 6.31. The molecule has 6 rings (SSSR count). The van der Waals surface area contributed by atoms with E-state index >= 15 is 0 Å². The summed E-state index contributed by atoms with van der Waals surface area (Å²) >= 11 is 0. The largest absolute Gasteiger partial charge is 0.493 e. The summed E-state index contributed by atoms with van der Waals surface area (Å²) in [6, 6.07) is 16.4. The van der Waals surface area contributed by atoms with E-state index < -0.39 is 33.0 Å². The zero-order chi connectivity index (χ0) is 36.5. The van der Waals surface area contributed by atoms with Crippen LogP contribution < -0.4 is 9.64 Å². The summed E-state index contributed by atoms with van der Waals surface area (Å²) < 4.78 is 57.6. The lowest BCUT2D eigenvalue weighted by atomic mass is 9.83. The number of carbonyl (C=O) groups excluding carboxylic acids is 1. The summed E-state index contributed by atoms with van der Waals surface area (Å²) in [5.41, 5.74) is 0.761. The van der Waals surface area contributed by atoms with Gasteiger partial charge in [-0.2, -0.15) is 4.31 Å². The van der Waals surface area contributed by atoms with E-state index in [1.807, 2.05) is 56.0 Å². The van der Waals surface area contributed by atoms with Crippen LogP contribution in [0.1, 0.15) is 76.1 Å². The van der Waals surface area contributed by atoms with Crippen LogP contribution in [0, 0.1) is 17.7 Å². The first-order valence-corrected chi connectivity index (χ1v) is 19.3. The smallest absolute Gasteiger partial charge is 0.410 e. The minimum atomic E-state index is -4.06. The van der Waals surface area contributed by atoms with Gasteiger partial charge in [-0.15, -0.1) is 0 Å². The van der Waals surface area contributed by atoms with Gasteiger partial charge in [0.1, 0.15) is 22.1 Å². The van der Waals surface area contributed by atoms with Gasteiger partial charge >= 0.3 is 12.1 Å². The standard InChI is InChI=1S/C39H48FN3O7S/c1-39(2,3)50-38(46)42-19-11-12-26(23-42)25-49-35-22-33-36(21-30(35)28-17-18-32(40)31(20-28)37(44)45)51(47,48)41(4)34(27-13-7-5-8-14-27)24-43(33)29-15-9-6-10-16-29/h6,9-10,15-18,20-22,26-27,34H,5,7-8,11-14,19,23-25H2,1-4H3,(H,44,45)/t26-,34+/m1/s1. The lowest BCUT2D eigenvalue weighted by Gasteiger charge is -2.36. The predicted octanol–water partition coefficient (Wildman–Crippen LogP) is 7.94. The molecule has 1 N–H and O–H groups in total. The molecular formula is C39H48FN3O7S. The van der Waals surface area contributed by atoms with Gasteiger partial charge in [0.05, 0.1) is 17.9 Å². The van der Waals surface area contributed by atoms with Gasteiger partial charge in [-0.25, -0.2) is 22.4 Å². The zero-order valence-electron chi connectivity index (χ0n) is 29.8. The van der Waals surface area contributed by atoms with Gasteiger partial charge in [-0.3, -0.25) is 0 Å². The van der Waals surface area contributed by atoms with E-state index in [9.17, 15) is 27.5 Å². The quantitative estimate of drug-likeness (QED) is 0.262. The lowest BCUT2D eigenvalue weighted by molar-refractivity contribution is 0.0139. The molecule has 10 nitrogen and oxygen atoms in total. The number of nitrogens with zero attached hydrogens (tertiary/aromatic N) is 3. The Morgan fingerprint density at radius 2 is 1.67 bits per heavy atom. The van der Waals surface area contributed by atoms with E-state index in [2.05, 4.69) is 0 Å². The highest BCUT2D eigenvalue weighted by Gasteiger charge is 2.41. The number of carbonyl (C=O) groups is 2. The summed E-state index contributed by atoms with van der Waals surface area (Å²) in [5.74, 6) is -1.86. The number of rotatable bonds is 7. The fourth-order valence-corrected chi connectivity index (χ4v) is 9.23. The first-order chi connectivity index (χ1) is 24.2. The number of fused-ring (bicyclic) bond motifs is 1. The SMILES string of the molecule is CN1[C@H](C2CCCCC2)CN(c2ccccc2)c2cc(OC[C@@H]3CCCN(C(=O)OC(C)(C)C)C3)c(-c3ccc(F)c(C(=O)O)c3)cc2S1(=O)=O. The molecule has 0 unspecified atom stereocenters. The third kappa shape index (κ3) is 8.02. The van der Waals surface area contributed by atoms with E-state index in [0.29, 0.717) is 42.2 Å². The van der Waals surface area contributed by atoms with Crippen LogP contribution in [0.2, 0.25) is 0 Å². The summed E-state index contributed by atoms with van der Waals surface area (Å²) in [4.78, 5) is 28.7. The zero-order valence-corrected chi connectivity index (χ0v) is 30.6. The number of para-hydroxylation sites is 1. The third-order valence-corrected chi connectivity index (χ3v) is 12.2. The van der Waals surface area contributed by atoms with Crippen LogP contribution in [0.4, 0.5) is 20.6 Å². The fourth-order valence-electron chi connectivity index (χ4n) is 7.62. The number of carboxylic acid groups (broad SMARTS) is 1. The maximum absolute atomic E-state index is 14.6. The summed E-state index contributed by atoms with van der Waals surface area (Å²) in [5, 5.41) is 9.76. The Kier molecular flexibility index (Phi) is 10.6. The Labute approximate surface area is 300 Å². The summed E-state index contributed by atoms with van der Waals surface area (Å²) in [7, 11) is -2.41. The third-order valence-electron chi connectivity index (χ3n) is 10.3. The van der Waals surface area contributed by atoms with Crippen LogP contribution >= 0.6 is 0 Å². The number of hydrogen-bond acceptors (Lipinski definition) is 7. The predicted molar refractivity (Wildman–Crippen MR) is 194 cm³/mol. The van der Waals surface area contributed by atoms with E-state index in [4.69, 9.17) is 9.47 Å². The Hall–Kier alpha value is -4.16. The van der Waals surface area contributed by atoms with Gasteiger partial charge in [0.15, 0.2) is 0 Å². The van der Waals surface area contributed by atoms with Crippen molar-refractivity contribution < 1.29 is 37.0 Å². The maximum atomic E-state index is 14.6. The Morgan fingerprint density at radius 3 is 2.35 bits per heavy atom. The molecule has 2 aliphatic heterocycles. The number of aromatic carboxylic acids is 1. The second-order valence-corrected chi connectivity index (χ2v) is 17.0. The number of anilines is 2. The van der Waals surface area contributed by atoms with Gasteiger partial charge in [-0.05, 0) is 88.3 Å². The first-order valence-electron chi connectivity index (χ1n) is 17.9. The highest BCUT2D eigenvalue weighted by atomic mass is 32.2. The second kappa shape index (κ2) is 14.8. The summed E-state index contributed by atoms with van der Waals surface area (Å²) in [6.45, 7) is 7.12. The molecule has 1 saturated carbocycles. The van der Waals surface area contributed by atoms with Gasteiger partial charge < -0.3 is 24.4 Å². The molecule has 0 spiro atoms. The highest BCUT2D eigenvalue weighted by Crippen LogP contribution is 2.46. The molecule has 0 radical (unpaired) electrons.